The molecule has 2 saturated heterocycles. The molecule has 0 bridgehead atoms. The summed E-state index contributed by atoms with van der Waals surface area (Å²) in [6, 6.07) is 1.24. The van der Waals surface area contributed by atoms with Crippen molar-refractivity contribution in [1.82, 2.24) is 9.80 Å². The minimum atomic E-state index is 0.394. The van der Waals surface area contributed by atoms with Gasteiger partial charge < -0.3 is 4.90 Å². The molecule has 0 aromatic rings. The lowest BCUT2D eigenvalue weighted by Crippen LogP contribution is -2.56. The van der Waals surface area contributed by atoms with Gasteiger partial charge >= 0.3 is 0 Å². The van der Waals surface area contributed by atoms with Crippen LogP contribution in [0.4, 0.5) is 0 Å². The van der Waals surface area contributed by atoms with E-state index < -0.39 is 0 Å². The Morgan fingerprint density at radius 3 is 2.50 bits per heavy atom. The van der Waals surface area contributed by atoms with Crippen LogP contribution in [0.1, 0.15) is 38.5 Å². The Morgan fingerprint density at radius 2 is 1.83 bits per heavy atom. The van der Waals surface area contributed by atoms with E-state index >= 15 is 0 Å². The monoisotopic (exact) mass is 268 g/mol. The van der Waals surface area contributed by atoms with Crippen LogP contribution in [0, 0.1) is 0 Å². The molecule has 0 radical (unpaired) electrons. The van der Waals surface area contributed by atoms with Gasteiger partial charge in [0.15, 0.2) is 0 Å². The van der Waals surface area contributed by atoms with E-state index in [2.05, 4.69) is 9.80 Å². The quantitative estimate of drug-likeness (QED) is 0.765. The fourth-order valence-corrected chi connectivity index (χ4v) is 4.86. The van der Waals surface area contributed by atoms with Crippen LogP contribution in [0.2, 0.25) is 0 Å². The van der Waals surface area contributed by atoms with Crippen molar-refractivity contribution in [1.29, 1.82) is 0 Å². The summed E-state index contributed by atoms with van der Waals surface area (Å²) in [5.74, 6) is 2.91. The van der Waals surface area contributed by atoms with Crippen molar-refractivity contribution >= 4 is 17.7 Å². The van der Waals surface area contributed by atoms with Crippen molar-refractivity contribution in [3.63, 3.8) is 0 Å². The normalized spacial score (nSPS) is 32.1. The number of hydrogen-bond donors (Lipinski definition) is 0. The molecule has 0 unspecified atom stereocenters. The van der Waals surface area contributed by atoms with Gasteiger partial charge in [0.05, 0.1) is 6.54 Å². The molecule has 2 heterocycles. The van der Waals surface area contributed by atoms with E-state index in [0.717, 1.165) is 13.1 Å². The van der Waals surface area contributed by atoms with Gasteiger partial charge in [0.25, 0.3) is 0 Å². The van der Waals surface area contributed by atoms with Gasteiger partial charge in [-0.25, -0.2) is 0 Å². The predicted molar refractivity (Wildman–Crippen MR) is 75.9 cm³/mol. The second-order valence-corrected chi connectivity index (χ2v) is 7.02. The molecule has 0 aromatic carbocycles. The summed E-state index contributed by atoms with van der Waals surface area (Å²) >= 11 is 2.04. The highest BCUT2D eigenvalue weighted by Crippen LogP contribution is 2.27. The first kappa shape index (κ1) is 12.8. The van der Waals surface area contributed by atoms with Crippen molar-refractivity contribution in [2.75, 3.05) is 31.1 Å². The fraction of sp³-hybridized carbons (Fsp3) is 0.929. The van der Waals surface area contributed by atoms with Gasteiger partial charge in [-0.05, 0) is 25.0 Å². The van der Waals surface area contributed by atoms with Gasteiger partial charge in [0, 0.05) is 30.9 Å². The number of rotatable bonds is 2. The molecular formula is C14H24N2OS. The zero-order chi connectivity index (χ0) is 12.4. The Labute approximate surface area is 114 Å². The van der Waals surface area contributed by atoms with Gasteiger partial charge in [0.2, 0.25) is 5.91 Å². The molecule has 18 heavy (non-hydrogen) atoms. The molecule has 102 valence electrons. The van der Waals surface area contributed by atoms with Crippen molar-refractivity contribution in [3.05, 3.63) is 0 Å². The van der Waals surface area contributed by atoms with E-state index in [-0.39, 0.29) is 0 Å². The summed E-state index contributed by atoms with van der Waals surface area (Å²) in [6.45, 7) is 2.76. The molecule has 1 aliphatic carbocycles. The number of piperazine rings is 1. The summed E-state index contributed by atoms with van der Waals surface area (Å²) in [7, 11) is 0. The maximum absolute atomic E-state index is 12.3. The minimum absolute atomic E-state index is 0.394. The Kier molecular flexibility index (Phi) is 4.14. The lowest BCUT2D eigenvalue weighted by Gasteiger charge is -2.42. The molecule has 3 fully saturated rings. The highest BCUT2D eigenvalue weighted by Gasteiger charge is 2.33. The molecule has 3 aliphatic rings. The van der Waals surface area contributed by atoms with Crippen molar-refractivity contribution < 1.29 is 4.79 Å². The van der Waals surface area contributed by atoms with Crippen LogP contribution in [0.5, 0.6) is 0 Å². The maximum Gasteiger partial charge on any atom is 0.237 e. The van der Waals surface area contributed by atoms with E-state index in [1.807, 2.05) is 11.8 Å². The average Bonchev–Trinajstić information content (AvgIpc) is 2.93. The minimum Gasteiger partial charge on any atom is -0.337 e. The number of carbonyl (C=O) groups is 1. The molecule has 1 atom stereocenters. The maximum atomic E-state index is 12.3. The van der Waals surface area contributed by atoms with Gasteiger partial charge in [-0.2, -0.15) is 11.8 Å². The van der Waals surface area contributed by atoms with E-state index in [4.69, 9.17) is 0 Å². The van der Waals surface area contributed by atoms with E-state index in [0.29, 0.717) is 24.5 Å². The first-order chi connectivity index (χ1) is 8.84. The van der Waals surface area contributed by atoms with Crippen LogP contribution >= 0.6 is 11.8 Å². The number of thioether (sulfide) groups is 1. The van der Waals surface area contributed by atoms with Crippen LogP contribution in [0.3, 0.4) is 0 Å². The molecule has 0 spiro atoms. The average molecular weight is 268 g/mol. The number of amides is 1. The van der Waals surface area contributed by atoms with Gasteiger partial charge in [-0.15, -0.1) is 0 Å². The van der Waals surface area contributed by atoms with E-state index in [1.54, 1.807) is 0 Å². The summed E-state index contributed by atoms with van der Waals surface area (Å²) < 4.78 is 0. The number of hydrogen-bond acceptors (Lipinski definition) is 3. The van der Waals surface area contributed by atoms with E-state index in [1.165, 1.54) is 50.0 Å². The third-order valence-electron chi connectivity index (χ3n) is 4.72. The highest BCUT2D eigenvalue weighted by molar-refractivity contribution is 7.99. The van der Waals surface area contributed by atoms with Crippen molar-refractivity contribution in [2.24, 2.45) is 0 Å². The third-order valence-corrected chi connectivity index (χ3v) is 5.87. The highest BCUT2D eigenvalue weighted by atomic mass is 32.2. The summed E-state index contributed by atoms with van der Waals surface area (Å²) in [5, 5.41) is 0. The number of carbonyl (C=O) groups excluding carboxylic acids is 1. The van der Waals surface area contributed by atoms with E-state index in [9.17, 15) is 4.79 Å². The van der Waals surface area contributed by atoms with Crippen LogP contribution in [0.25, 0.3) is 0 Å². The molecule has 0 N–H and O–H groups in total. The Hall–Kier alpha value is -0.220. The molecule has 0 aromatic heterocycles. The van der Waals surface area contributed by atoms with Gasteiger partial charge in [0.1, 0.15) is 0 Å². The second-order valence-electron chi connectivity index (χ2n) is 5.87. The van der Waals surface area contributed by atoms with Crippen molar-refractivity contribution in [2.45, 2.75) is 50.6 Å². The third kappa shape index (κ3) is 2.69. The molecule has 4 heteroatoms. The Bertz CT molecular complexity index is 298. The molecule has 1 saturated carbocycles. The zero-order valence-corrected chi connectivity index (χ0v) is 12.0. The molecular weight excluding hydrogens is 244 g/mol. The lowest BCUT2D eigenvalue weighted by atomic mass is 9.93. The van der Waals surface area contributed by atoms with Crippen molar-refractivity contribution in [3.8, 4) is 0 Å². The van der Waals surface area contributed by atoms with Crippen LogP contribution in [0.15, 0.2) is 0 Å². The molecule has 2 aliphatic heterocycles. The van der Waals surface area contributed by atoms with Crippen LogP contribution in [-0.2, 0) is 4.79 Å². The largest absolute Gasteiger partial charge is 0.337 e. The Morgan fingerprint density at radius 1 is 1.00 bits per heavy atom. The first-order valence-electron chi connectivity index (χ1n) is 7.46. The SMILES string of the molecule is O=C1CN([C@H]2CCSC2)CCN1C1CCCCC1. The molecule has 1 amide bonds. The van der Waals surface area contributed by atoms with Crippen LogP contribution in [-0.4, -0.2) is 58.9 Å². The summed E-state index contributed by atoms with van der Waals surface area (Å²) in [4.78, 5) is 17.0. The first-order valence-corrected chi connectivity index (χ1v) is 8.61. The number of nitrogens with zero attached hydrogens (tertiary/aromatic N) is 2. The predicted octanol–water partition coefficient (Wildman–Crippen LogP) is 1.97. The lowest BCUT2D eigenvalue weighted by molar-refractivity contribution is -0.140. The second kappa shape index (κ2) is 5.83. The van der Waals surface area contributed by atoms with Gasteiger partial charge in [-0.3, -0.25) is 9.69 Å². The standard InChI is InChI=1S/C14H24N2OS/c17-14-10-15(13-6-9-18-11-13)7-8-16(14)12-4-2-1-3-5-12/h12-13H,1-11H2/t13-/m0/s1. The Balaban J connectivity index is 1.55. The van der Waals surface area contributed by atoms with Gasteiger partial charge in [-0.1, -0.05) is 19.3 Å². The fourth-order valence-electron chi connectivity index (χ4n) is 3.61. The smallest absolute Gasteiger partial charge is 0.237 e. The molecule has 3 nitrogen and oxygen atoms in total. The summed E-state index contributed by atoms with van der Waals surface area (Å²) in [5.41, 5.74) is 0. The zero-order valence-electron chi connectivity index (χ0n) is 11.1. The van der Waals surface area contributed by atoms with Crippen LogP contribution < -0.4 is 0 Å². The summed E-state index contributed by atoms with van der Waals surface area (Å²) in [6.07, 6.45) is 7.76. The topological polar surface area (TPSA) is 23.6 Å². The molecule has 3 rings (SSSR count).